The Morgan fingerprint density at radius 3 is 2.35 bits per heavy atom. The maximum absolute atomic E-state index is 12.8. The van der Waals surface area contributed by atoms with Crippen molar-refractivity contribution in [2.45, 2.75) is 10.4 Å². The minimum Gasteiger partial charge on any atom is -0.368 e. The number of hydrogen-bond acceptors (Lipinski definition) is 4. The molecule has 2 rings (SSSR count). The molecule has 1 aromatic rings. The summed E-state index contributed by atoms with van der Waals surface area (Å²) in [6.07, 6.45) is 0. The van der Waals surface area contributed by atoms with E-state index in [2.05, 4.69) is 21.2 Å². The number of alkyl halides is 3. The Bertz CT molecular complexity index is 598. The lowest BCUT2D eigenvalue weighted by Crippen LogP contribution is -2.44. The van der Waals surface area contributed by atoms with E-state index in [1.807, 2.05) is 0 Å². The third-order valence-electron chi connectivity index (χ3n) is 2.97. The highest BCUT2D eigenvalue weighted by Gasteiger charge is 2.48. The van der Waals surface area contributed by atoms with Crippen molar-refractivity contribution < 1.29 is 21.6 Å². The van der Waals surface area contributed by atoms with Crippen molar-refractivity contribution in [2.75, 3.05) is 31.1 Å². The molecule has 112 valence electrons. The normalized spacial score (nSPS) is 17.3. The number of nitrogens with zero attached hydrogens (tertiary/aromatic N) is 1. The summed E-state index contributed by atoms with van der Waals surface area (Å²) in [5.41, 5.74) is -5.22. The van der Waals surface area contributed by atoms with Gasteiger partial charge in [-0.3, -0.25) is 0 Å². The molecule has 0 aromatic heterocycles. The summed E-state index contributed by atoms with van der Waals surface area (Å²) in [5, 5.41) is 3.06. The largest absolute Gasteiger partial charge is 0.501 e. The lowest BCUT2D eigenvalue weighted by molar-refractivity contribution is -0.0435. The molecule has 1 fully saturated rings. The zero-order valence-electron chi connectivity index (χ0n) is 10.2. The predicted molar refractivity (Wildman–Crippen MR) is 72.5 cm³/mol. The molecule has 1 N–H and O–H groups in total. The van der Waals surface area contributed by atoms with Gasteiger partial charge in [-0.15, -0.1) is 0 Å². The molecule has 0 aliphatic carbocycles. The van der Waals surface area contributed by atoms with E-state index in [1.165, 1.54) is 12.1 Å². The maximum atomic E-state index is 12.8. The van der Waals surface area contributed by atoms with E-state index in [9.17, 15) is 21.6 Å². The van der Waals surface area contributed by atoms with Crippen LogP contribution < -0.4 is 10.2 Å². The van der Waals surface area contributed by atoms with Crippen molar-refractivity contribution >= 4 is 31.5 Å². The molecule has 1 saturated heterocycles. The molecule has 1 aliphatic heterocycles. The van der Waals surface area contributed by atoms with E-state index in [0.29, 0.717) is 30.7 Å². The predicted octanol–water partition coefficient (Wildman–Crippen LogP) is 2.15. The second-order valence-corrected chi connectivity index (χ2v) is 7.12. The molecule has 1 aromatic carbocycles. The minimum atomic E-state index is -5.37. The number of piperazine rings is 1. The Kier molecular flexibility index (Phi) is 4.31. The van der Waals surface area contributed by atoms with Crippen molar-refractivity contribution in [3.8, 4) is 0 Å². The fourth-order valence-electron chi connectivity index (χ4n) is 1.99. The highest BCUT2D eigenvalue weighted by molar-refractivity contribution is 9.10. The monoisotopic (exact) mass is 372 g/mol. The number of hydrogen-bond donors (Lipinski definition) is 1. The van der Waals surface area contributed by atoms with Gasteiger partial charge in [0.15, 0.2) is 0 Å². The van der Waals surface area contributed by atoms with E-state index in [1.54, 1.807) is 4.90 Å². The molecular formula is C11H12BrF3N2O2S. The molecular weight excluding hydrogens is 361 g/mol. The minimum absolute atomic E-state index is 0.0898. The lowest BCUT2D eigenvalue weighted by Gasteiger charge is -2.31. The van der Waals surface area contributed by atoms with Gasteiger partial charge in [-0.1, -0.05) is 15.9 Å². The van der Waals surface area contributed by atoms with Gasteiger partial charge < -0.3 is 10.2 Å². The van der Waals surface area contributed by atoms with Crippen LogP contribution in [0.15, 0.2) is 27.6 Å². The maximum Gasteiger partial charge on any atom is 0.501 e. The number of rotatable bonds is 2. The molecule has 1 heterocycles. The first-order valence-electron chi connectivity index (χ1n) is 5.80. The molecule has 9 heteroatoms. The molecule has 20 heavy (non-hydrogen) atoms. The van der Waals surface area contributed by atoms with Crippen LogP contribution in [-0.2, 0) is 9.84 Å². The van der Waals surface area contributed by atoms with E-state index in [4.69, 9.17) is 0 Å². The lowest BCUT2D eigenvalue weighted by atomic mass is 10.2. The van der Waals surface area contributed by atoms with Gasteiger partial charge in [-0.25, -0.2) is 8.42 Å². The van der Waals surface area contributed by atoms with Crippen molar-refractivity contribution in [3.63, 3.8) is 0 Å². The summed E-state index contributed by atoms with van der Waals surface area (Å²) in [6.45, 7) is 2.12. The van der Waals surface area contributed by atoms with Gasteiger partial charge in [0.2, 0.25) is 0 Å². The molecule has 0 bridgehead atoms. The van der Waals surface area contributed by atoms with Crippen molar-refractivity contribution in [1.82, 2.24) is 5.32 Å². The van der Waals surface area contributed by atoms with Crippen LogP contribution in [0.4, 0.5) is 18.9 Å². The van der Waals surface area contributed by atoms with E-state index in [-0.39, 0.29) is 5.69 Å². The molecule has 1 aliphatic rings. The third kappa shape index (κ3) is 2.94. The van der Waals surface area contributed by atoms with Gasteiger partial charge in [-0.05, 0) is 18.2 Å². The average molecular weight is 373 g/mol. The fraction of sp³-hybridized carbons (Fsp3) is 0.455. The summed E-state index contributed by atoms with van der Waals surface area (Å²) in [6, 6.07) is 3.93. The third-order valence-corrected chi connectivity index (χ3v) is 4.98. The second-order valence-electron chi connectivity index (χ2n) is 4.30. The van der Waals surface area contributed by atoms with Crippen LogP contribution in [0.5, 0.6) is 0 Å². The number of sulfone groups is 1. The molecule has 0 atom stereocenters. The topological polar surface area (TPSA) is 49.4 Å². The summed E-state index contributed by atoms with van der Waals surface area (Å²) in [4.78, 5) is 0.933. The molecule has 0 spiro atoms. The Morgan fingerprint density at radius 1 is 1.20 bits per heavy atom. The van der Waals surface area contributed by atoms with Crippen molar-refractivity contribution in [2.24, 2.45) is 0 Å². The van der Waals surface area contributed by atoms with Crippen molar-refractivity contribution in [1.29, 1.82) is 0 Å². The van der Waals surface area contributed by atoms with Gasteiger partial charge in [-0.2, -0.15) is 13.2 Å². The first-order valence-corrected chi connectivity index (χ1v) is 8.07. The van der Waals surface area contributed by atoms with Crippen LogP contribution in [0, 0.1) is 0 Å². The van der Waals surface area contributed by atoms with Crippen LogP contribution in [0.2, 0.25) is 0 Å². The Hall–Kier alpha value is -0.800. The zero-order chi connectivity index (χ0) is 15.0. The summed E-state index contributed by atoms with van der Waals surface area (Å²) in [5.74, 6) is 0. The molecule has 0 radical (unpaired) electrons. The average Bonchev–Trinajstić information content (AvgIpc) is 2.38. The van der Waals surface area contributed by atoms with Crippen LogP contribution >= 0.6 is 15.9 Å². The van der Waals surface area contributed by atoms with Gasteiger partial charge >= 0.3 is 5.51 Å². The SMILES string of the molecule is O=S(=O)(c1cc(Br)ccc1N1CCNCC1)C(F)(F)F. The van der Waals surface area contributed by atoms with Crippen LogP contribution in [-0.4, -0.2) is 40.1 Å². The highest BCUT2D eigenvalue weighted by atomic mass is 79.9. The molecule has 4 nitrogen and oxygen atoms in total. The Morgan fingerprint density at radius 2 is 1.80 bits per heavy atom. The van der Waals surface area contributed by atoms with Gasteiger partial charge in [0.05, 0.1) is 5.69 Å². The smallest absolute Gasteiger partial charge is 0.368 e. The molecule has 0 amide bonds. The summed E-state index contributed by atoms with van der Waals surface area (Å²) < 4.78 is 61.9. The van der Waals surface area contributed by atoms with E-state index < -0.39 is 20.2 Å². The summed E-state index contributed by atoms with van der Waals surface area (Å²) >= 11 is 3.02. The number of anilines is 1. The number of benzene rings is 1. The highest BCUT2D eigenvalue weighted by Crippen LogP contribution is 2.37. The zero-order valence-corrected chi connectivity index (χ0v) is 12.6. The van der Waals surface area contributed by atoms with Crippen LogP contribution in [0.3, 0.4) is 0 Å². The quantitative estimate of drug-likeness (QED) is 0.863. The fourth-order valence-corrected chi connectivity index (χ4v) is 3.51. The van der Waals surface area contributed by atoms with Crippen LogP contribution in [0.1, 0.15) is 0 Å². The molecule has 0 saturated carbocycles. The first kappa shape index (κ1) is 15.6. The standard InChI is InChI=1S/C11H12BrF3N2O2S/c12-8-1-2-9(17-5-3-16-4-6-17)10(7-8)20(18,19)11(13,14)15/h1-2,7,16H,3-6H2. The Labute approximate surface area is 123 Å². The van der Waals surface area contributed by atoms with Gasteiger partial charge in [0.1, 0.15) is 4.90 Å². The summed E-state index contributed by atoms with van der Waals surface area (Å²) in [7, 11) is -5.37. The molecule has 0 unspecified atom stereocenters. The first-order chi connectivity index (χ1) is 9.23. The van der Waals surface area contributed by atoms with Crippen molar-refractivity contribution in [3.05, 3.63) is 22.7 Å². The van der Waals surface area contributed by atoms with Gasteiger partial charge in [0.25, 0.3) is 9.84 Å². The number of halogens is 4. The second kappa shape index (κ2) is 5.53. The van der Waals surface area contributed by atoms with Gasteiger partial charge in [0, 0.05) is 30.7 Å². The Balaban J connectivity index is 2.54. The van der Waals surface area contributed by atoms with Crippen LogP contribution in [0.25, 0.3) is 0 Å². The van der Waals surface area contributed by atoms with E-state index >= 15 is 0 Å². The van der Waals surface area contributed by atoms with E-state index in [0.717, 1.165) is 6.07 Å². The number of nitrogens with one attached hydrogen (secondary N) is 1.